The van der Waals surface area contributed by atoms with E-state index in [9.17, 15) is 4.79 Å². The molecule has 2 N–H and O–H groups in total. The number of hydrogen-bond acceptors (Lipinski definition) is 4. The second-order valence-corrected chi connectivity index (χ2v) is 8.68. The predicted octanol–water partition coefficient (Wildman–Crippen LogP) is 2.34. The zero-order valence-corrected chi connectivity index (χ0v) is 16.8. The van der Waals surface area contributed by atoms with Crippen LogP contribution in [0.2, 0.25) is 0 Å². The van der Waals surface area contributed by atoms with E-state index in [4.69, 9.17) is 0 Å². The second-order valence-electron chi connectivity index (χ2n) is 7.36. The topological polar surface area (TPSA) is 69.6 Å². The molecule has 0 aromatic carbocycles. The average Bonchev–Trinajstić information content (AvgIpc) is 3.30. The minimum Gasteiger partial charge on any atom is -0.356 e. The summed E-state index contributed by atoms with van der Waals surface area (Å²) in [6, 6.07) is 0.288. The Labute approximate surface area is 160 Å². The number of aromatic nitrogens is 1. The lowest BCUT2D eigenvalue weighted by atomic mass is 9.88. The highest BCUT2D eigenvalue weighted by Crippen LogP contribution is 2.26. The number of aryl methyl sites for hydroxylation is 1. The number of guanidine groups is 1. The molecule has 1 saturated heterocycles. The van der Waals surface area contributed by atoms with Crippen LogP contribution in [0.25, 0.3) is 0 Å². The molecule has 0 bridgehead atoms. The Morgan fingerprint density at radius 1 is 1.35 bits per heavy atom. The summed E-state index contributed by atoms with van der Waals surface area (Å²) in [6.45, 7) is 4.55. The number of likely N-dealkylation sites (tertiary alicyclic amines) is 1. The molecule has 0 spiro atoms. The molecule has 1 amide bonds. The van der Waals surface area contributed by atoms with Crippen LogP contribution in [-0.2, 0) is 11.2 Å². The number of carbonyl (C=O) groups excluding carboxylic acids is 1. The maximum absolute atomic E-state index is 12.7. The monoisotopic (exact) mass is 377 g/mol. The van der Waals surface area contributed by atoms with Crippen LogP contribution < -0.4 is 10.6 Å². The average molecular weight is 378 g/mol. The molecule has 2 heterocycles. The summed E-state index contributed by atoms with van der Waals surface area (Å²) in [5.74, 6) is 1.45. The van der Waals surface area contributed by atoms with Crippen LogP contribution in [0.1, 0.15) is 48.4 Å². The summed E-state index contributed by atoms with van der Waals surface area (Å²) in [7, 11) is 1.79. The number of nitrogens with zero attached hydrogens (tertiary/aromatic N) is 3. The van der Waals surface area contributed by atoms with Crippen LogP contribution in [0.4, 0.5) is 0 Å². The Hall–Kier alpha value is -1.63. The van der Waals surface area contributed by atoms with Crippen molar-refractivity contribution in [2.45, 2.75) is 57.9 Å². The number of aliphatic imine (C=N–C) groups is 1. The van der Waals surface area contributed by atoms with E-state index in [1.807, 2.05) is 6.20 Å². The molecule has 3 rings (SSSR count). The highest BCUT2D eigenvalue weighted by Gasteiger charge is 2.31. The molecule has 1 aliphatic carbocycles. The molecule has 1 aliphatic heterocycles. The first-order valence-electron chi connectivity index (χ1n) is 9.83. The van der Waals surface area contributed by atoms with Gasteiger partial charge >= 0.3 is 0 Å². The lowest BCUT2D eigenvalue weighted by Gasteiger charge is -2.26. The number of rotatable bonds is 5. The molecule has 7 heteroatoms. The normalized spacial score (nSPS) is 21.8. The highest BCUT2D eigenvalue weighted by molar-refractivity contribution is 7.11. The number of nitrogens with one attached hydrogen (secondary N) is 2. The van der Waals surface area contributed by atoms with Crippen molar-refractivity contribution in [3.8, 4) is 0 Å². The minimum absolute atomic E-state index is 0.265. The molecule has 1 aromatic rings. The zero-order valence-electron chi connectivity index (χ0n) is 16.0. The van der Waals surface area contributed by atoms with Crippen molar-refractivity contribution in [2.24, 2.45) is 10.9 Å². The number of amides is 1. The standard InChI is InChI=1S/C19H31N5OS/c1-14-12-22-17(26-14)8-10-21-19(20-2)23-16-9-11-24(13-16)18(25)15-6-4-3-5-7-15/h12,15-16H,3-11,13H2,1-2H3,(H2,20,21,23). The van der Waals surface area contributed by atoms with Crippen molar-refractivity contribution in [3.63, 3.8) is 0 Å². The van der Waals surface area contributed by atoms with Gasteiger partial charge in [0.15, 0.2) is 5.96 Å². The zero-order chi connectivity index (χ0) is 18.4. The predicted molar refractivity (Wildman–Crippen MR) is 107 cm³/mol. The Bertz CT molecular complexity index is 623. The fourth-order valence-corrected chi connectivity index (χ4v) is 4.67. The second kappa shape index (κ2) is 9.35. The maximum Gasteiger partial charge on any atom is 0.225 e. The van der Waals surface area contributed by atoms with Crippen LogP contribution >= 0.6 is 11.3 Å². The van der Waals surface area contributed by atoms with Crippen LogP contribution in [0.5, 0.6) is 0 Å². The largest absolute Gasteiger partial charge is 0.356 e. The summed E-state index contributed by atoms with van der Waals surface area (Å²) in [5, 5.41) is 7.99. The fraction of sp³-hybridized carbons (Fsp3) is 0.737. The molecular formula is C19H31N5OS. The third-order valence-corrected chi connectivity index (χ3v) is 6.29. The molecule has 1 atom stereocenters. The molecule has 144 valence electrons. The van der Waals surface area contributed by atoms with Gasteiger partial charge in [0, 0.05) is 56.1 Å². The van der Waals surface area contributed by atoms with Crippen LogP contribution in [-0.4, -0.2) is 54.5 Å². The van der Waals surface area contributed by atoms with Gasteiger partial charge in [0.25, 0.3) is 0 Å². The van der Waals surface area contributed by atoms with Crippen LogP contribution in [0.15, 0.2) is 11.2 Å². The third-order valence-electron chi connectivity index (χ3n) is 5.32. The van der Waals surface area contributed by atoms with Gasteiger partial charge in [0.1, 0.15) is 0 Å². The third kappa shape index (κ3) is 5.19. The van der Waals surface area contributed by atoms with Crippen LogP contribution in [0.3, 0.4) is 0 Å². The van der Waals surface area contributed by atoms with Crippen molar-refractivity contribution in [3.05, 3.63) is 16.1 Å². The molecule has 0 radical (unpaired) electrons. The highest BCUT2D eigenvalue weighted by atomic mass is 32.1. The summed E-state index contributed by atoms with van der Waals surface area (Å²) < 4.78 is 0. The van der Waals surface area contributed by atoms with Crippen molar-refractivity contribution >= 4 is 23.2 Å². The van der Waals surface area contributed by atoms with Gasteiger partial charge in [-0.1, -0.05) is 19.3 Å². The van der Waals surface area contributed by atoms with E-state index in [1.54, 1.807) is 18.4 Å². The van der Waals surface area contributed by atoms with Gasteiger partial charge in [-0.15, -0.1) is 11.3 Å². The maximum atomic E-state index is 12.7. The van der Waals surface area contributed by atoms with E-state index < -0.39 is 0 Å². The van der Waals surface area contributed by atoms with E-state index >= 15 is 0 Å². The van der Waals surface area contributed by atoms with Gasteiger partial charge in [0.2, 0.25) is 5.91 Å². The van der Waals surface area contributed by atoms with E-state index in [1.165, 1.54) is 24.1 Å². The van der Waals surface area contributed by atoms with E-state index in [2.05, 4.69) is 32.4 Å². The summed E-state index contributed by atoms with van der Waals surface area (Å²) in [5.41, 5.74) is 0. The molecule has 6 nitrogen and oxygen atoms in total. The van der Waals surface area contributed by atoms with Crippen molar-refractivity contribution in [2.75, 3.05) is 26.7 Å². The summed E-state index contributed by atoms with van der Waals surface area (Å²) in [6.07, 6.45) is 9.67. The Balaban J connectivity index is 1.40. The fourth-order valence-electron chi connectivity index (χ4n) is 3.88. The van der Waals surface area contributed by atoms with E-state index in [0.29, 0.717) is 5.91 Å². The van der Waals surface area contributed by atoms with Gasteiger partial charge in [-0.25, -0.2) is 4.98 Å². The molecule has 2 fully saturated rings. The van der Waals surface area contributed by atoms with Crippen LogP contribution in [0, 0.1) is 12.8 Å². The lowest BCUT2D eigenvalue weighted by Crippen LogP contribution is -2.46. The molecule has 1 unspecified atom stereocenters. The molecule has 1 aromatic heterocycles. The number of thiazole rings is 1. The van der Waals surface area contributed by atoms with E-state index in [-0.39, 0.29) is 12.0 Å². The first kappa shape index (κ1) is 19.1. The molecule has 1 saturated carbocycles. The first-order valence-corrected chi connectivity index (χ1v) is 10.6. The Morgan fingerprint density at radius 2 is 2.15 bits per heavy atom. The lowest BCUT2D eigenvalue weighted by molar-refractivity contribution is -0.135. The number of hydrogen-bond donors (Lipinski definition) is 2. The van der Waals surface area contributed by atoms with Crippen molar-refractivity contribution in [1.29, 1.82) is 0 Å². The van der Waals surface area contributed by atoms with E-state index in [0.717, 1.165) is 56.3 Å². The van der Waals surface area contributed by atoms with Gasteiger partial charge in [-0.05, 0) is 26.2 Å². The van der Waals surface area contributed by atoms with Gasteiger partial charge in [-0.2, -0.15) is 0 Å². The van der Waals surface area contributed by atoms with Gasteiger partial charge in [0.05, 0.1) is 5.01 Å². The molecule has 2 aliphatic rings. The first-order chi connectivity index (χ1) is 12.7. The molecule has 26 heavy (non-hydrogen) atoms. The quantitative estimate of drug-likeness (QED) is 0.610. The summed E-state index contributed by atoms with van der Waals surface area (Å²) in [4.78, 5) is 24.7. The molecular weight excluding hydrogens is 346 g/mol. The minimum atomic E-state index is 0.265. The smallest absolute Gasteiger partial charge is 0.225 e. The Kier molecular flexibility index (Phi) is 6.88. The van der Waals surface area contributed by atoms with Gasteiger partial charge in [-0.3, -0.25) is 9.79 Å². The van der Waals surface area contributed by atoms with Gasteiger partial charge < -0.3 is 15.5 Å². The van der Waals surface area contributed by atoms with Crippen molar-refractivity contribution in [1.82, 2.24) is 20.5 Å². The Morgan fingerprint density at radius 3 is 2.85 bits per heavy atom. The number of carbonyl (C=O) groups is 1. The summed E-state index contributed by atoms with van der Waals surface area (Å²) >= 11 is 1.74. The SMILES string of the molecule is CN=C(NCCc1ncc(C)s1)NC1CCN(C(=O)C2CCCCC2)C1. The van der Waals surface area contributed by atoms with Crippen molar-refractivity contribution < 1.29 is 4.79 Å².